The molecule has 7 atom stereocenters. The number of piperazine rings is 1. The van der Waals surface area contributed by atoms with E-state index in [0.29, 0.717) is 55.9 Å². The number of thiazole rings is 1. The largest absolute Gasteiger partial charge is 0.508 e. The first-order valence-electron chi connectivity index (χ1n) is 29.4. The van der Waals surface area contributed by atoms with Crippen molar-refractivity contribution in [2.24, 2.45) is 23.2 Å². The van der Waals surface area contributed by atoms with E-state index >= 15 is 0 Å². The SMILES string of the molecule is Cc1ncsc1-c1ccc([C@H](C)NC(=O)[C@@H]2C[C@@H](O)CN2C(=O)[C@@H](CCC(=O)CN2CC(CC3CCN(CCOc4nc(N5CC6CCC(C5)N6)c5cnc6c(c5n4)C(C)c4cccc5cc(O)cc-6c45)CC3)C2)C(C)(C)C)cc1. The Hall–Kier alpha value is -6.11. The van der Waals surface area contributed by atoms with Crippen LogP contribution in [0, 0.1) is 30.1 Å². The number of hydrogen-bond acceptors (Lipinski definition) is 15. The third-order valence-corrected chi connectivity index (χ3v) is 19.5. The topological polar surface area (TPSA) is 189 Å². The molecule has 0 spiro atoms. The molecule has 8 heterocycles. The van der Waals surface area contributed by atoms with Gasteiger partial charge in [0.2, 0.25) is 11.8 Å². The fourth-order valence-corrected chi connectivity index (χ4v) is 15.0. The van der Waals surface area contributed by atoms with Gasteiger partial charge in [0.1, 0.15) is 30.0 Å². The molecule has 5 aliphatic heterocycles. The van der Waals surface area contributed by atoms with Gasteiger partial charge < -0.3 is 35.4 Å². The summed E-state index contributed by atoms with van der Waals surface area (Å²) in [7, 11) is 0. The number of piperidine rings is 1. The molecule has 4 N–H and O–H groups in total. The highest BCUT2D eigenvalue weighted by atomic mass is 32.1. The highest BCUT2D eigenvalue weighted by Crippen LogP contribution is 2.49. The number of aromatic hydroxyl groups is 1. The summed E-state index contributed by atoms with van der Waals surface area (Å²) < 4.78 is 6.54. The second kappa shape index (κ2) is 22.3. The molecule has 17 heteroatoms. The van der Waals surface area contributed by atoms with Gasteiger partial charge in [-0.3, -0.25) is 29.2 Å². The Balaban J connectivity index is 0.607. The lowest BCUT2D eigenvalue weighted by Crippen LogP contribution is -2.51. The number of β-amino-alcohol motifs (C(OH)–C–C–N with tert-alkyl or cyclic N) is 1. The number of aryl methyl sites for hydroxylation is 1. The molecule has 6 aromatic rings. The molecule has 3 aromatic carbocycles. The summed E-state index contributed by atoms with van der Waals surface area (Å²) >= 11 is 1.60. The van der Waals surface area contributed by atoms with E-state index in [9.17, 15) is 24.6 Å². The average molecular weight is 1100 g/mol. The van der Waals surface area contributed by atoms with E-state index < -0.39 is 23.5 Å². The molecule has 2 bridgehead atoms. The maximum absolute atomic E-state index is 14.4. The van der Waals surface area contributed by atoms with Crippen LogP contribution in [0.15, 0.2) is 66.3 Å². The minimum absolute atomic E-state index is 0.0278. The van der Waals surface area contributed by atoms with Crippen LogP contribution in [0.1, 0.15) is 120 Å². The van der Waals surface area contributed by atoms with Crippen LogP contribution in [0.5, 0.6) is 11.8 Å². The number of fused-ring (bicyclic) bond motifs is 6. The third-order valence-electron chi connectivity index (χ3n) is 18.5. The maximum atomic E-state index is 14.4. The Morgan fingerprint density at radius 2 is 1.69 bits per heavy atom. The fraction of sp³-hybridized carbons (Fsp3) is 0.540. The van der Waals surface area contributed by atoms with Crippen molar-refractivity contribution in [2.75, 3.05) is 70.4 Å². The summed E-state index contributed by atoms with van der Waals surface area (Å²) in [6.45, 7) is 19.6. The number of benzene rings is 3. The molecule has 80 heavy (non-hydrogen) atoms. The van der Waals surface area contributed by atoms with E-state index in [4.69, 9.17) is 19.7 Å². The highest BCUT2D eigenvalue weighted by molar-refractivity contribution is 7.13. The van der Waals surface area contributed by atoms with Gasteiger partial charge in [-0.2, -0.15) is 9.97 Å². The minimum Gasteiger partial charge on any atom is -0.508 e. The van der Waals surface area contributed by atoms with Gasteiger partial charge in [-0.1, -0.05) is 70.2 Å². The predicted octanol–water partition coefficient (Wildman–Crippen LogP) is 8.65. The molecule has 0 saturated carbocycles. The van der Waals surface area contributed by atoms with Crippen LogP contribution in [-0.2, 0) is 14.4 Å². The van der Waals surface area contributed by atoms with Crippen molar-refractivity contribution in [3.8, 4) is 33.5 Å². The van der Waals surface area contributed by atoms with E-state index in [1.54, 1.807) is 16.2 Å². The molecule has 422 valence electrons. The van der Waals surface area contributed by atoms with E-state index in [0.717, 1.165) is 138 Å². The Labute approximate surface area is 473 Å². The number of nitrogens with zero attached hydrogens (tertiary/aromatic N) is 8. The zero-order valence-electron chi connectivity index (χ0n) is 47.3. The zero-order valence-corrected chi connectivity index (χ0v) is 48.1. The number of phenolic OH excluding ortho intramolecular Hbond substituents is 1. The summed E-state index contributed by atoms with van der Waals surface area (Å²) in [5.41, 5.74) is 9.30. The fourth-order valence-electron chi connectivity index (χ4n) is 14.2. The molecule has 6 aliphatic rings. The molecule has 2 amide bonds. The monoisotopic (exact) mass is 1100 g/mol. The van der Waals surface area contributed by atoms with Crippen molar-refractivity contribution in [3.05, 3.63) is 88.7 Å². The Morgan fingerprint density at radius 3 is 2.41 bits per heavy atom. The van der Waals surface area contributed by atoms with Gasteiger partial charge >= 0.3 is 6.01 Å². The molecule has 16 nitrogen and oxygen atoms in total. The van der Waals surface area contributed by atoms with Crippen molar-refractivity contribution in [1.82, 2.24) is 45.3 Å². The minimum atomic E-state index is -0.796. The lowest BCUT2D eigenvalue weighted by Gasteiger charge is -2.42. The number of ketones is 1. The highest BCUT2D eigenvalue weighted by Gasteiger charge is 2.45. The zero-order chi connectivity index (χ0) is 55.6. The lowest BCUT2D eigenvalue weighted by molar-refractivity contribution is -0.145. The number of carbonyl (C=O) groups excluding carboxylic acids is 3. The van der Waals surface area contributed by atoms with E-state index in [1.807, 2.05) is 82.7 Å². The van der Waals surface area contributed by atoms with E-state index in [2.05, 4.69) is 55.4 Å². The van der Waals surface area contributed by atoms with Crippen LogP contribution in [0.25, 0.3) is 43.4 Å². The van der Waals surface area contributed by atoms with Crippen LogP contribution < -0.4 is 20.3 Å². The molecular weight excluding hydrogens is 1020 g/mol. The van der Waals surface area contributed by atoms with Gasteiger partial charge in [0.25, 0.3) is 0 Å². The summed E-state index contributed by atoms with van der Waals surface area (Å²) in [5, 5.41) is 31.6. The van der Waals surface area contributed by atoms with Gasteiger partial charge in [-0.05, 0) is 122 Å². The number of hydrogen-bond donors (Lipinski definition) is 4. The van der Waals surface area contributed by atoms with Crippen LogP contribution >= 0.6 is 11.3 Å². The molecule has 1 aliphatic carbocycles. The number of ether oxygens (including phenoxy) is 1. The number of amides is 2. The number of anilines is 1. The van der Waals surface area contributed by atoms with Crippen LogP contribution in [0.3, 0.4) is 0 Å². The van der Waals surface area contributed by atoms with Crippen molar-refractivity contribution < 1.29 is 29.3 Å². The molecular formula is C63H78N10O6S. The molecule has 3 aromatic heterocycles. The third kappa shape index (κ3) is 11.0. The van der Waals surface area contributed by atoms with Crippen LogP contribution in [-0.4, -0.2) is 152 Å². The van der Waals surface area contributed by atoms with Crippen molar-refractivity contribution in [2.45, 2.75) is 129 Å². The van der Waals surface area contributed by atoms with Crippen LogP contribution in [0.4, 0.5) is 5.82 Å². The van der Waals surface area contributed by atoms with Gasteiger partial charge in [0.05, 0.1) is 51.4 Å². The van der Waals surface area contributed by atoms with Crippen molar-refractivity contribution in [1.29, 1.82) is 0 Å². The van der Waals surface area contributed by atoms with Crippen molar-refractivity contribution in [3.63, 3.8) is 0 Å². The summed E-state index contributed by atoms with van der Waals surface area (Å²) in [4.78, 5) is 71.4. The summed E-state index contributed by atoms with van der Waals surface area (Å²) in [6, 6.07) is 18.3. The Bertz CT molecular complexity index is 3280. The molecule has 0 radical (unpaired) electrons. The first-order chi connectivity index (χ1) is 38.5. The Morgan fingerprint density at radius 1 is 0.925 bits per heavy atom. The second-order valence-corrected chi connectivity index (χ2v) is 26.1. The van der Waals surface area contributed by atoms with E-state index in [-0.39, 0.29) is 48.3 Å². The van der Waals surface area contributed by atoms with Crippen LogP contribution in [0.2, 0.25) is 0 Å². The van der Waals surface area contributed by atoms with Gasteiger partial charge in [0, 0.05) is 93.4 Å². The predicted molar refractivity (Wildman–Crippen MR) is 313 cm³/mol. The van der Waals surface area contributed by atoms with Gasteiger partial charge in [-0.25, -0.2) is 4.98 Å². The number of phenols is 1. The number of rotatable bonds is 17. The number of aliphatic hydroxyl groups excluding tert-OH is 1. The molecule has 12 rings (SSSR count). The molecule has 5 fully saturated rings. The average Bonchev–Trinajstić information content (AvgIpc) is 3.02. The first kappa shape index (κ1) is 54.5. The van der Waals surface area contributed by atoms with E-state index in [1.165, 1.54) is 12.0 Å². The summed E-state index contributed by atoms with van der Waals surface area (Å²) in [6.07, 6.45) is 7.78. The standard InChI is InChI=1S/C63H78N10O6S/c1-36-49-9-7-8-43-25-47(75)26-50(55(43)49)56-54(36)57-51(28-64-56)59(72-31-44-14-15-45(32-72)67-44)69-62(68-57)79-23-22-70-20-18-39(19-21-70)24-40-29-71(30-40)33-46(74)16-17-52(63(4,5)6)61(78)73-34-48(76)27-53(73)60(77)66-37(2)41-10-12-42(13-11-41)58-38(3)65-35-80-58/h7-13,25-26,28,35-37,39-40,44-45,48,52-53,67,75-76H,14-24,27,29-34H2,1-6H3,(H,66,77)/t36?,37-,44?,45?,48+,52+,53-/m0/s1. The number of aromatic nitrogens is 4. The Kier molecular flexibility index (Phi) is 15.2. The number of aliphatic hydroxyl groups is 1. The van der Waals surface area contributed by atoms with Gasteiger partial charge in [-0.15, -0.1) is 11.3 Å². The van der Waals surface area contributed by atoms with Crippen molar-refractivity contribution >= 4 is 56.4 Å². The molecule has 3 unspecified atom stereocenters. The summed E-state index contributed by atoms with van der Waals surface area (Å²) in [5.74, 6) is 1.57. The number of nitrogens with one attached hydrogen (secondary N) is 2. The normalized spacial score (nSPS) is 23.3. The molecule has 5 saturated heterocycles. The number of carbonyl (C=O) groups is 3. The number of pyridine rings is 1. The lowest BCUT2D eigenvalue weighted by atomic mass is 9.76. The maximum Gasteiger partial charge on any atom is 0.319 e. The number of likely N-dealkylation sites (tertiary alicyclic amines) is 3. The smallest absolute Gasteiger partial charge is 0.319 e. The second-order valence-electron chi connectivity index (χ2n) is 25.3. The number of Topliss-reactive ketones (excluding diaryl/α,β-unsaturated/α-hetero) is 1. The van der Waals surface area contributed by atoms with Gasteiger partial charge in [0.15, 0.2) is 0 Å². The quantitative estimate of drug-likeness (QED) is 0.0679. The first-order valence-corrected chi connectivity index (χ1v) is 30.3.